The number of rotatable bonds is 9. The molecule has 41 heavy (non-hydrogen) atoms. The minimum atomic E-state index is -3.72. The Bertz CT molecular complexity index is 1610. The highest BCUT2D eigenvalue weighted by molar-refractivity contribution is 7.89. The van der Waals surface area contributed by atoms with E-state index in [4.69, 9.17) is 0 Å². The van der Waals surface area contributed by atoms with Gasteiger partial charge < -0.3 is 4.90 Å². The summed E-state index contributed by atoms with van der Waals surface area (Å²) >= 11 is 0. The van der Waals surface area contributed by atoms with Crippen LogP contribution in [0.25, 0.3) is 0 Å². The molecule has 1 aliphatic rings. The van der Waals surface area contributed by atoms with Gasteiger partial charge in [0.15, 0.2) is 0 Å². The van der Waals surface area contributed by atoms with Crippen LogP contribution in [-0.2, 0) is 27.8 Å². The molecule has 1 amide bonds. The molecule has 7 nitrogen and oxygen atoms in total. The molecule has 8 heteroatoms. The van der Waals surface area contributed by atoms with E-state index < -0.39 is 10.0 Å². The zero-order chi connectivity index (χ0) is 29.0. The van der Waals surface area contributed by atoms with Crippen LogP contribution in [0.1, 0.15) is 71.8 Å². The van der Waals surface area contributed by atoms with Gasteiger partial charge in [-0.25, -0.2) is 23.1 Å². The second-order valence-corrected chi connectivity index (χ2v) is 12.6. The quantitative estimate of drug-likeness (QED) is 0.260. The fourth-order valence-corrected chi connectivity index (χ4v) is 6.58. The summed E-state index contributed by atoms with van der Waals surface area (Å²) in [4.78, 5) is 24.5. The third kappa shape index (κ3) is 6.89. The molecule has 0 aliphatic heterocycles. The number of aryl methyl sites for hydroxylation is 3. The number of nitrogens with one attached hydrogen (secondary N) is 1. The minimum Gasteiger partial charge on any atom is -0.308 e. The molecule has 1 heterocycles. The van der Waals surface area contributed by atoms with E-state index in [0.29, 0.717) is 25.2 Å². The van der Waals surface area contributed by atoms with Crippen molar-refractivity contribution in [2.75, 3.05) is 4.90 Å². The average Bonchev–Trinajstić information content (AvgIpc) is 2.97. The molecule has 0 unspecified atom stereocenters. The fourth-order valence-electron chi connectivity index (χ4n) is 5.33. The van der Waals surface area contributed by atoms with Crippen molar-refractivity contribution in [2.45, 2.75) is 69.9 Å². The predicted octanol–water partition coefficient (Wildman–Crippen LogP) is 6.18. The predicted molar refractivity (Wildman–Crippen MR) is 161 cm³/mol. The molecule has 5 rings (SSSR count). The normalized spacial score (nSPS) is 15.6. The number of carbonyl (C=O) groups is 1. The highest BCUT2D eigenvalue weighted by atomic mass is 32.2. The van der Waals surface area contributed by atoms with E-state index in [9.17, 15) is 13.2 Å². The lowest BCUT2D eigenvalue weighted by molar-refractivity contribution is -0.119. The third-order valence-electron chi connectivity index (χ3n) is 7.71. The SMILES string of the molecule is Cc1ccc(S(=O)(=O)N[C@@H]2CCCc3ccc(N(Cc4cnc(C)nc4)C(=O)C[C@@H](C)c4ccccc4)cc32)cc1. The second kappa shape index (κ2) is 12.3. The maximum Gasteiger partial charge on any atom is 0.241 e. The topological polar surface area (TPSA) is 92.3 Å². The van der Waals surface area contributed by atoms with E-state index in [0.717, 1.165) is 46.3 Å². The lowest BCUT2D eigenvalue weighted by Gasteiger charge is -2.30. The van der Waals surface area contributed by atoms with Gasteiger partial charge in [-0.2, -0.15) is 0 Å². The fraction of sp³-hybridized carbons (Fsp3) is 0.303. The molecule has 2 atom stereocenters. The number of amides is 1. The monoisotopic (exact) mass is 568 g/mol. The van der Waals surface area contributed by atoms with Crippen molar-refractivity contribution in [3.8, 4) is 0 Å². The summed E-state index contributed by atoms with van der Waals surface area (Å²) in [6.07, 6.45) is 6.26. The summed E-state index contributed by atoms with van der Waals surface area (Å²) in [7, 11) is -3.72. The van der Waals surface area contributed by atoms with Crippen LogP contribution >= 0.6 is 0 Å². The van der Waals surface area contributed by atoms with Crippen LogP contribution in [0.2, 0.25) is 0 Å². The first kappa shape index (κ1) is 28.6. The van der Waals surface area contributed by atoms with Gasteiger partial charge in [-0.05, 0) is 80.0 Å². The molecule has 3 aromatic carbocycles. The first-order valence-corrected chi connectivity index (χ1v) is 15.5. The highest BCUT2D eigenvalue weighted by Gasteiger charge is 2.28. The number of anilines is 1. The summed E-state index contributed by atoms with van der Waals surface area (Å²) in [6.45, 7) is 6.14. The van der Waals surface area contributed by atoms with Gasteiger partial charge in [-0.3, -0.25) is 4.79 Å². The molecule has 0 saturated carbocycles. The van der Waals surface area contributed by atoms with Crippen molar-refractivity contribution in [2.24, 2.45) is 0 Å². The zero-order valence-corrected chi connectivity index (χ0v) is 24.6. The molecule has 212 valence electrons. The van der Waals surface area contributed by atoms with E-state index in [1.54, 1.807) is 41.6 Å². The van der Waals surface area contributed by atoms with Gasteiger partial charge in [0.1, 0.15) is 5.82 Å². The molecule has 0 fully saturated rings. The standard InChI is InChI=1S/C33H36N4O3S/c1-23-12-16-30(17-13-23)41(39,40)36-32-11-7-10-28-14-15-29(19-31(28)32)37(22-26-20-34-25(3)35-21-26)33(38)18-24(2)27-8-5-4-6-9-27/h4-6,8-9,12-17,19-21,24,32,36H,7,10-11,18,22H2,1-3H3/t24-,32-/m1/s1. The second-order valence-electron chi connectivity index (χ2n) is 10.9. The van der Waals surface area contributed by atoms with E-state index >= 15 is 0 Å². The van der Waals surface area contributed by atoms with Gasteiger partial charge in [0.2, 0.25) is 15.9 Å². The number of carbonyl (C=O) groups excluding carboxylic acids is 1. The highest BCUT2D eigenvalue weighted by Crippen LogP contribution is 2.35. The number of hydrogen-bond acceptors (Lipinski definition) is 5. The average molecular weight is 569 g/mol. The van der Waals surface area contributed by atoms with Crippen LogP contribution in [0.5, 0.6) is 0 Å². The van der Waals surface area contributed by atoms with Crippen molar-refractivity contribution in [3.63, 3.8) is 0 Å². The Morgan fingerprint density at radius 3 is 2.41 bits per heavy atom. The Morgan fingerprint density at radius 1 is 1.00 bits per heavy atom. The van der Waals surface area contributed by atoms with Crippen LogP contribution in [0.15, 0.2) is 90.1 Å². The molecule has 1 N–H and O–H groups in total. The first-order chi connectivity index (χ1) is 19.7. The van der Waals surface area contributed by atoms with Gasteiger partial charge >= 0.3 is 0 Å². The van der Waals surface area contributed by atoms with Crippen LogP contribution in [0.4, 0.5) is 5.69 Å². The van der Waals surface area contributed by atoms with E-state index in [-0.39, 0.29) is 22.8 Å². The van der Waals surface area contributed by atoms with Crippen LogP contribution in [-0.4, -0.2) is 24.3 Å². The van der Waals surface area contributed by atoms with E-state index in [1.807, 2.05) is 62.4 Å². The Morgan fingerprint density at radius 2 is 1.71 bits per heavy atom. The third-order valence-corrected chi connectivity index (χ3v) is 9.20. The molecule has 4 aromatic rings. The lowest BCUT2D eigenvalue weighted by atomic mass is 9.87. The van der Waals surface area contributed by atoms with Gasteiger partial charge in [-0.1, -0.05) is 61.0 Å². The first-order valence-electron chi connectivity index (χ1n) is 14.0. The van der Waals surface area contributed by atoms with E-state index in [2.05, 4.69) is 21.6 Å². The summed E-state index contributed by atoms with van der Waals surface area (Å²) in [6, 6.07) is 22.5. The van der Waals surface area contributed by atoms with Crippen molar-refractivity contribution in [1.82, 2.24) is 14.7 Å². The van der Waals surface area contributed by atoms with Gasteiger partial charge in [0.05, 0.1) is 11.4 Å². The molecule has 0 radical (unpaired) electrons. The molecule has 1 aromatic heterocycles. The zero-order valence-electron chi connectivity index (χ0n) is 23.7. The van der Waals surface area contributed by atoms with Crippen molar-refractivity contribution in [1.29, 1.82) is 0 Å². The van der Waals surface area contributed by atoms with Crippen LogP contribution < -0.4 is 9.62 Å². The molecule has 1 aliphatic carbocycles. The largest absolute Gasteiger partial charge is 0.308 e. The van der Waals surface area contributed by atoms with E-state index in [1.165, 1.54) is 0 Å². The number of benzene rings is 3. The van der Waals surface area contributed by atoms with Crippen molar-refractivity contribution < 1.29 is 13.2 Å². The Hall–Kier alpha value is -3.88. The molecule has 0 bridgehead atoms. The maximum atomic E-state index is 13.9. The van der Waals surface area contributed by atoms with Gasteiger partial charge in [0, 0.05) is 36.1 Å². The molecular formula is C33H36N4O3S. The minimum absolute atomic E-state index is 0.0190. The van der Waals surface area contributed by atoms with Gasteiger partial charge in [-0.15, -0.1) is 0 Å². The number of aromatic nitrogens is 2. The van der Waals surface area contributed by atoms with Crippen molar-refractivity contribution >= 4 is 21.6 Å². The van der Waals surface area contributed by atoms with Crippen molar-refractivity contribution in [3.05, 3.63) is 119 Å². The Labute approximate surface area is 242 Å². The molecule has 0 saturated heterocycles. The van der Waals surface area contributed by atoms with Crippen LogP contribution in [0.3, 0.4) is 0 Å². The molecule has 0 spiro atoms. The smallest absolute Gasteiger partial charge is 0.241 e. The Balaban J connectivity index is 1.46. The molecular weight excluding hydrogens is 532 g/mol. The number of sulfonamides is 1. The maximum absolute atomic E-state index is 13.9. The summed E-state index contributed by atoms with van der Waals surface area (Å²) in [5.41, 5.74) is 5.68. The summed E-state index contributed by atoms with van der Waals surface area (Å²) in [5.74, 6) is 0.684. The Kier molecular flexibility index (Phi) is 8.61. The summed E-state index contributed by atoms with van der Waals surface area (Å²) < 4.78 is 29.5. The lowest BCUT2D eigenvalue weighted by Crippen LogP contribution is -2.33. The summed E-state index contributed by atoms with van der Waals surface area (Å²) in [5, 5.41) is 0. The van der Waals surface area contributed by atoms with Gasteiger partial charge in [0.25, 0.3) is 0 Å². The van der Waals surface area contributed by atoms with Crippen LogP contribution in [0, 0.1) is 13.8 Å². The number of nitrogens with zero attached hydrogens (tertiary/aromatic N) is 3. The number of fused-ring (bicyclic) bond motifs is 1. The number of hydrogen-bond donors (Lipinski definition) is 1.